The number of amides is 2. The van der Waals surface area contributed by atoms with E-state index in [1.807, 2.05) is 53.4 Å². The van der Waals surface area contributed by atoms with Crippen molar-refractivity contribution in [3.63, 3.8) is 0 Å². The third-order valence-corrected chi connectivity index (χ3v) is 7.86. The van der Waals surface area contributed by atoms with Crippen LogP contribution in [0.3, 0.4) is 0 Å². The maximum Gasteiger partial charge on any atom is 0.317 e. The summed E-state index contributed by atoms with van der Waals surface area (Å²) in [5.41, 5.74) is 2.84. The maximum absolute atomic E-state index is 12.6. The van der Waals surface area contributed by atoms with Crippen molar-refractivity contribution in [1.29, 1.82) is 0 Å². The number of likely N-dealkylation sites (tertiary alicyclic amines) is 1. The number of piperidine rings is 1. The van der Waals surface area contributed by atoms with E-state index in [1.54, 1.807) is 0 Å². The molecule has 1 N–H and O–H groups in total. The van der Waals surface area contributed by atoms with E-state index in [1.165, 1.54) is 16.1 Å². The summed E-state index contributed by atoms with van der Waals surface area (Å²) in [5.74, 6) is 0. The van der Waals surface area contributed by atoms with Crippen molar-refractivity contribution in [2.24, 2.45) is 0 Å². The zero-order chi connectivity index (χ0) is 21.4. The van der Waals surface area contributed by atoms with Gasteiger partial charge < -0.3 is 10.2 Å². The zero-order valence-corrected chi connectivity index (χ0v) is 19.4. The third kappa shape index (κ3) is 4.21. The van der Waals surface area contributed by atoms with E-state index in [4.69, 9.17) is 0 Å². The Morgan fingerprint density at radius 1 is 1.10 bits per heavy atom. The molecule has 0 aromatic heterocycles. The summed E-state index contributed by atoms with van der Waals surface area (Å²) >= 11 is 3.43. The van der Waals surface area contributed by atoms with E-state index in [0.29, 0.717) is 26.2 Å². The first-order valence-electron chi connectivity index (χ1n) is 10.1. The van der Waals surface area contributed by atoms with Crippen LogP contribution in [0.1, 0.15) is 24.0 Å². The molecule has 2 heterocycles. The summed E-state index contributed by atoms with van der Waals surface area (Å²) in [6.45, 7) is 2.29. The molecule has 160 valence electrons. The quantitative estimate of drug-likeness (QED) is 0.711. The van der Waals surface area contributed by atoms with Crippen molar-refractivity contribution >= 4 is 37.7 Å². The van der Waals surface area contributed by atoms with E-state index in [-0.39, 0.29) is 11.4 Å². The molecule has 4 rings (SSSR count). The van der Waals surface area contributed by atoms with Crippen molar-refractivity contribution in [3.8, 4) is 0 Å². The van der Waals surface area contributed by atoms with Gasteiger partial charge in [-0.1, -0.05) is 46.3 Å². The molecule has 0 unspecified atom stereocenters. The monoisotopic (exact) mass is 491 g/mol. The predicted octanol–water partition coefficient (Wildman–Crippen LogP) is 3.51. The minimum Gasteiger partial charge on any atom is -0.338 e. The molecule has 2 aliphatic rings. The van der Waals surface area contributed by atoms with Crippen molar-refractivity contribution in [1.82, 2.24) is 10.2 Å². The number of nitrogens with zero attached hydrogens (tertiary/aromatic N) is 2. The van der Waals surface area contributed by atoms with Gasteiger partial charge >= 0.3 is 6.03 Å². The molecule has 0 bridgehead atoms. The number of halogens is 1. The molecular formula is C22H26BrN3O3S. The van der Waals surface area contributed by atoms with Gasteiger partial charge in [0.15, 0.2) is 0 Å². The predicted molar refractivity (Wildman–Crippen MR) is 122 cm³/mol. The first-order valence-corrected chi connectivity index (χ1v) is 12.8. The Balaban J connectivity index is 1.36. The second-order valence-electron chi connectivity index (χ2n) is 8.16. The second kappa shape index (κ2) is 8.23. The number of rotatable bonds is 4. The van der Waals surface area contributed by atoms with Gasteiger partial charge in [0.25, 0.3) is 0 Å². The third-order valence-electron chi connectivity index (χ3n) is 6.20. The Morgan fingerprint density at radius 2 is 1.77 bits per heavy atom. The Morgan fingerprint density at radius 3 is 2.43 bits per heavy atom. The number of hydrogen-bond acceptors (Lipinski definition) is 3. The summed E-state index contributed by atoms with van der Waals surface area (Å²) in [5, 5.41) is 3.02. The lowest BCUT2D eigenvalue weighted by molar-refractivity contribution is 0.162. The largest absolute Gasteiger partial charge is 0.338 e. The maximum atomic E-state index is 12.6. The number of nitrogens with one attached hydrogen (secondary N) is 1. The number of benzene rings is 2. The summed E-state index contributed by atoms with van der Waals surface area (Å²) in [6, 6.07) is 15.8. The topological polar surface area (TPSA) is 69.7 Å². The Hall–Kier alpha value is -2.06. The zero-order valence-electron chi connectivity index (χ0n) is 17.0. The Labute approximate surface area is 186 Å². The van der Waals surface area contributed by atoms with Crippen LogP contribution >= 0.6 is 15.9 Å². The minimum absolute atomic E-state index is 0.0480. The van der Waals surface area contributed by atoms with Crippen LogP contribution in [0.5, 0.6) is 0 Å². The molecule has 0 saturated carbocycles. The van der Waals surface area contributed by atoms with Gasteiger partial charge in [0.2, 0.25) is 10.0 Å². The van der Waals surface area contributed by atoms with Crippen LogP contribution in [0.2, 0.25) is 0 Å². The molecule has 2 amide bonds. The molecule has 2 aliphatic heterocycles. The molecule has 0 radical (unpaired) electrons. The van der Waals surface area contributed by atoms with Gasteiger partial charge in [-0.15, -0.1) is 0 Å². The number of para-hydroxylation sites is 1. The molecule has 1 fully saturated rings. The number of hydrogen-bond donors (Lipinski definition) is 1. The van der Waals surface area contributed by atoms with Crippen LogP contribution in [0, 0.1) is 0 Å². The average Bonchev–Trinajstić information content (AvgIpc) is 3.05. The van der Waals surface area contributed by atoms with Crippen molar-refractivity contribution in [2.45, 2.75) is 24.7 Å². The highest BCUT2D eigenvalue weighted by Gasteiger charge is 2.47. The number of carbonyl (C=O) groups excluding carboxylic acids is 1. The highest BCUT2D eigenvalue weighted by Crippen LogP contribution is 2.47. The number of anilines is 1. The number of sulfonamides is 1. The lowest BCUT2D eigenvalue weighted by Gasteiger charge is -2.39. The summed E-state index contributed by atoms with van der Waals surface area (Å²) in [4.78, 5) is 14.5. The molecule has 6 nitrogen and oxygen atoms in total. The minimum atomic E-state index is -3.32. The molecule has 0 aliphatic carbocycles. The van der Waals surface area contributed by atoms with Crippen molar-refractivity contribution < 1.29 is 13.2 Å². The molecule has 30 heavy (non-hydrogen) atoms. The fourth-order valence-corrected chi connectivity index (χ4v) is 5.79. The average molecular weight is 492 g/mol. The number of fused-ring (bicyclic) bond motifs is 2. The van der Waals surface area contributed by atoms with Gasteiger partial charge in [0.1, 0.15) is 0 Å². The van der Waals surface area contributed by atoms with Gasteiger partial charge in [-0.2, -0.15) is 0 Å². The lowest BCUT2D eigenvalue weighted by atomic mass is 9.74. The lowest BCUT2D eigenvalue weighted by Crippen LogP contribution is -2.50. The van der Waals surface area contributed by atoms with Crippen molar-refractivity contribution in [3.05, 3.63) is 64.1 Å². The highest BCUT2D eigenvalue weighted by molar-refractivity contribution is 9.10. The van der Waals surface area contributed by atoms with Crippen LogP contribution in [-0.4, -0.2) is 51.8 Å². The number of urea groups is 1. The van der Waals surface area contributed by atoms with Crippen LogP contribution in [0.25, 0.3) is 0 Å². The summed E-state index contributed by atoms with van der Waals surface area (Å²) < 4.78 is 27.2. The molecular weight excluding hydrogens is 466 g/mol. The second-order valence-corrected chi connectivity index (χ2v) is 11.0. The highest BCUT2D eigenvalue weighted by atomic mass is 79.9. The van der Waals surface area contributed by atoms with Gasteiger partial charge in [-0.25, -0.2) is 13.2 Å². The van der Waals surface area contributed by atoms with E-state index in [2.05, 4.69) is 21.2 Å². The molecule has 2 aromatic carbocycles. The van der Waals surface area contributed by atoms with Gasteiger partial charge in [-0.05, 0) is 48.6 Å². The van der Waals surface area contributed by atoms with E-state index in [9.17, 15) is 13.2 Å². The fraction of sp³-hybridized carbons (Fsp3) is 0.409. The normalized spacial score (nSPS) is 17.8. The summed E-state index contributed by atoms with van der Waals surface area (Å²) in [6.07, 6.45) is 3.57. The van der Waals surface area contributed by atoms with Crippen molar-refractivity contribution in [2.75, 3.05) is 36.7 Å². The van der Waals surface area contributed by atoms with Crippen LogP contribution in [0.4, 0.5) is 10.5 Å². The van der Waals surface area contributed by atoms with E-state index >= 15 is 0 Å². The number of carbonyl (C=O) groups is 1. The smallest absolute Gasteiger partial charge is 0.317 e. The first kappa shape index (κ1) is 21.2. The Bertz CT molecular complexity index is 1030. The standard InChI is InChI=1S/C22H26BrN3O3S/c1-30(28,29)26-16-22(19-4-2-3-5-20(19)26)11-14-25(15-12-22)21(27)24-13-10-17-6-8-18(23)9-7-17/h2-9H,10-16H2,1H3,(H,24,27). The van der Waals surface area contributed by atoms with Crippen LogP contribution < -0.4 is 9.62 Å². The van der Waals surface area contributed by atoms with Crippen LogP contribution in [0.15, 0.2) is 53.0 Å². The SMILES string of the molecule is CS(=O)(=O)N1CC2(CCN(C(=O)NCCc3ccc(Br)cc3)CC2)c2ccccc21. The fourth-order valence-electron chi connectivity index (χ4n) is 4.52. The van der Waals surface area contributed by atoms with E-state index in [0.717, 1.165) is 35.0 Å². The van der Waals surface area contributed by atoms with E-state index < -0.39 is 10.0 Å². The van der Waals surface area contributed by atoms with Gasteiger partial charge in [-0.3, -0.25) is 4.31 Å². The molecule has 0 atom stereocenters. The van der Waals surface area contributed by atoms with Gasteiger partial charge in [0, 0.05) is 36.1 Å². The molecule has 1 spiro atoms. The summed E-state index contributed by atoms with van der Waals surface area (Å²) in [7, 11) is -3.32. The first-order chi connectivity index (χ1) is 14.3. The van der Waals surface area contributed by atoms with Gasteiger partial charge in [0.05, 0.1) is 11.9 Å². The molecule has 1 saturated heterocycles. The Kier molecular flexibility index (Phi) is 5.81. The molecule has 8 heteroatoms. The molecule has 2 aromatic rings. The van der Waals surface area contributed by atoms with Crippen LogP contribution in [-0.2, 0) is 21.9 Å².